The van der Waals surface area contributed by atoms with Crippen LogP contribution in [0.2, 0.25) is 0 Å². The molecule has 3 fully saturated rings. The highest BCUT2D eigenvalue weighted by molar-refractivity contribution is 5.79. The van der Waals surface area contributed by atoms with Crippen LogP contribution in [0.1, 0.15) is 37.7 Å². The van der Waals surface area contributed by atoms with Gasteiger partial charge in [-0.15, -0.1) is 0 Å². The molecule has 8 heteroatoms. The van der Waals surface area contributed by atoms with Crippen molar-refractivity contribution in [3.05, 3.63) is 18.0 Å². The molecule has 1 N–H and O–H groups in total. The zero-order chi connectivity index (χ0) is 19.3. The highest BCUT2D eigenvalue weighted by Gasteiger charge is 2.30. The van der Waals surface area contributed by atoms with Crippen LogP contribution in [0.4, 0.5) is 0 Å². The molecule has 1 aromatic heterocycles. The number of likely N-dealkylation sites (tertiary alicyclic amines) is 1. The summed E-state index contributed by atoms with van der Waals surface area (Å²) in [6.45, 7) is 5.58. The van der Waals surface area contributed by atoms with Gasteiger partial charge in [-0.1, -0.05) is 0 Å². The average molecular weight is 390 g/mol. The summed E-state index contributed by atoms with van der Waals surface area (Å²) in [5.74, 6) is 1.10. The molecule has 154 valence electrons. The van der Waals surface area contributed by atoms with E-state index in [1.54, 1.807) is 6.20 Å². The number of ether oxygens (including phenoxy) is 1. The fourth-order valence-corrected chi connectivity index (χ4v) is 4.06. The molecule has 0 aromatic carbocycles. The molecule has 0 spiro atoms. The summed E-state index contributed by atoms with van der Waals surface area (Å²) in [6, 6.07) is 0. The molecule has 2 amide bonds. The second kappa shape index (κ2) is 9.05. The molecule has 0 bridgehead atoms. The van der Waals surface area contributed by atoms with Crippen LogP contribution in [-0.2, 0) is 20.9 Å². The molecular weight excluding hydrogens is 358 g/mol. The van der Waals surface area contributed by atoms with Gasteiger partial charge in [0.15, 0.2) is 0 Å². The number of nitrogens with one attached hydrogen (secondary N) is 1. The smallest absolute Gasteiger partial charge is 0.236 e. The first-order chi connectivity index (χ1) is 13.7. The van der Waals surface area contributed by atoms with Crippen LogP contribution in [0.3, 0.4) is 0 Å². The van der Waals surface area contributed by atoms with Crippen LogP contribution in [0.25, 0.3) is 0 Å². The first-order valence-corrected chi connectivity index (χ1v) is 10.5. The molecule has 4 rings (SSSR count). The van der Waals surface area contributed by atoms with Crippen LogP contribution >= 0.6 is 0 Å². The molecule has 1 aliphatic carbocycles. The van der Waals surface area contributed by atoms with E-state index in [1.165, 1.54) is 12.8 Å². The quantitative estimate of drug-likeness (QED) is 0.678. The van der Waals surface area contributed by atoms with E-state index in [1.807, 2.05) is 16.0 Å². The van der Waals surface area contributed by atoms with E-state index in [-0.39, 0.29) is 17.9 Å². The van der Waals surface area contributed by atoms with Crippen molar-refractivity contribution in [1.29, 1.82) is 0 Å². The minimum Gasteiger partial charge on any atom is -0.375 e. The maximum atomic E-state index is 12.9. The molecule has 1 unspecified atom stereocenters. The summed E-state index contributed by atoms with van der Waals surface area (Å²) in [5.41, 5.74) is 1.08. The van der Waals surface area contributed by atoms with Gasteiger partial charge in [0.1, 0.15) is 0 Å². The van der Waals surface area contributed by atoms with E-state index in [0.29, 0.717) is 38.5 Å². The van der Waals surface area contributed by atoms with Gasteiger partial charge in [-0.3, -0.25) is 19.6 Å². The number of hydrogen-bond acceptors (Lipinski definition) is 5. The largest absolute Gasteiger partial charge is 0.375 e. The third kappa shape index (κ3) is 5.32. The number of nitrogens with zero attached hydrogens (tertiary/aromatic N) is 4. The Balaban J connectivity index is 1.33. The topological polar surface area (TPSA) is 81.8 Å². The minimum atomic E-state index is 0.0346. The molecule has 2 saturated heterocycles. The molecule has 0 radical (unpaired) electrons. The van der Waals surface area contributed by atoms with Crippen LogP contribution < -0.4 is 0 Å². The summed E-state index contributed by atoms with van der Waals surface area (Å²) in [6.07, 6.45) is 8.70. The van der Waals surface area contributed by atoms with Gasteiger partial charge in [-0.25, -0.2) is 0 Å². The third-order valence-electron chi connectivity index (χ3n) is 5.85. The number of aromatic amines is 1. The Hall–Kier alpha value is -1.93. The van der Waals surface area contributed by atoms with Gasteiger partial charge in [0.05, 0.1) is 18.8 Å². The first kappa shape index (κ1) is 19.4. The molecule has 3 heterocycles. The highest BCUT2D eigenvalue weighted by atomic mass is 16.5. The Bertz CT molecular complexity index is 661. The van der Waals surface area contributed by atoms with Crippen molar-refractivity contribution in [2.24, 2.45) is 5.92 Å². The molecule has 28 heavy (non-hydrogen) atoms. The molecule has 1 aromatic rings. The van der Waals surface area contributed by atoms with Crippen molar-refractivity contribution in [2.75, 3.05) is 45.9 Å². The van der Waals surface area contributed by atoms with Gasteiger partial charge in [-0.2, -0.15) is 5.10 Å². The Morgan fingerprint density at radius 2 is 2.00 bits per heavy atom. The lowest BCUT2D eigenvalue weighted by Crippen LogP contribution is -2.40. The number of hydrogen-bond donors (Lipinski definition) is 1. The van der Waals surface area contributed by atoms with Gasteiger partial charge >= 0.3 is 0 Å². The second-order valence-corrected chi connectivity index (χ2v) is 8.35. The first-order valence-electron chi connectivity index (χ1n) is 10.5. The van der Waals surface area contributed by atoms with E-state index in [2.05, 4.69) is 15.1 Å². The van der Waals surface area contributed by atoms with Crippen LogP contribution in [0, 0.1) is 5.92 Å². The summed E-state index contributed by atoms with van der Waals surface area (Å²) < 4.78 is 6.19. The highest BCUT2D eigenvalue weighted by Crippen LogP contribution is 2.29. The molecule has 8 nitrogen and oxygen atoms in total. The monoisotopic (exact) mass is 389 g/mol. The van der Waals surface area contributed by atoms with Crippen LogP contribution in [0.5, 0.6) is 0 Å². The molecule has 2 aliphatic heterocycles. The Labute approximate surface area is 166 Å². The lowest BCUT2D eigenvalue weighted by Gasteiger charge is -2.25. The Morgan fingerprint density at radius 3 is 2.71 bits per heavy atom. The summed E-state index contributed by atoms with van der Waals surface area (Å²) in [4.78, 5) is 30.7. The average Bonchev–Trinajstić information content (AvgIpc) is 3.25. The van der Waals surface area contributed by atoms with Crippen molar-refractivity contribution < 1.29 is 14.3 Å². The molecule has 3 aliphatic rings. The van der Waals surface area contributed by atoms with Gasteiger partial charge in [0, 0.05) is 64.1 Å². The lowest BCUT2D eigenvalue weighted by molar-refractivity contribution is -0.132. The van der Waals surface area contributed by atoms with Crippen molar-refractivity contribution >= 4 is 11.8 Å². The van der Waals surface area contributed by atoms with E-state index in [4.69, 9.17) is 4.74 Å². The van der Waals surface area contributed by atoms with Crippen molar-refractivity contribution in [3.8, 4) is 0 Å². The van der Waals surface area contributed by atoms with Crippen LogP contribution in [0.15, 0.2) is 12.4 Å². The standard InChI is InChI=1S/C20H31N5O3/c26-19-3-1-6-24(19)7-2-8-25-13-18(28-15-16-4-5-16)12-23(14-20(25)27)11-17-9-21-22-10-17/h9-10,16,18H,1-8,11-15H2,(H,21,22). The molecule has 1 saturated carbocycles. The zero-order valence-electron chi connectivity index (χ0n) is 16.5. The summed E-state index contributed by atoms with van der Waals surface area (Å²) >= 11 is 0. The number of H-pyrrole nitrogens is 1. The van der Waals surface area contributed by atoms with E-state index < -0.39 is 0 Å². The third-order valence-corrected chi connectivity index (χ3v) is 5.85. The number of rotatable bonds is 9. The minimum absolute atomic E-state index is 0.0346. The zero-order valence-corrected chi connectivity index (χ0v) is 16.5. The predicted octanol–water partition coefficient (Wildman–Crippen LogP) is 0.862. The Kier molecular flexibility index (Phi) is 6.26. The van der Waals surface area contributed by atoms with Crippen molar-refractivity contribution in [1.82, 2.24) is 24.9 Å². The Morgan fingerprint density at radius 1 is 1.14 bits per heavy atom. The number of carbonyl (C=O) groups excluding carboxylic acids is 2. The van der Waals surface area contributed by atoms with Gasteiger partial charge in [0.25, 0.3) is 0 Å². The molecular formula is C20H31N5O3. The lowest BCUT2D eigenvalue weighted by atomic mass is 10.2. The van der Waals surface area contributed by atoms with Crippen molar-refractivity contribution in [2.45, 2.75) is 44.8 Å². The van der Waals surface area contributed by atoms with Crippen molar-refractivity contribution in [3.63, 3.8) is 0 Å². The fourth-order valence-electron chi connectivity index (χ4n) is 4.06. The van der Waals surface area contributed by atoms with Gasteiger partial charge in [0.2, 0.25) is 11.8 Å². The van der Waals surface area contributed by atoms with E-state index in [9.17, 15) is 9.59 Å². The van der Waals surface area contributed by atoms with Gasteiger partial charge in [-0.05, 0) is 31.6 Å². The summed E-state index contributed by atoms with van der Waals surface area (Å²) in [5, 5.41) is 6.84. The van der Waals surface area contributed by atoms with E-state index >= 15 is 0 Å². The van der Waals surface area contributed by atoms with Crippen LogP contribution in [-0.4, -0.2) is 88.7 Å². The number of carbonyl (C=O) groups is 2. The molecule has 1 atom stereocenters. The SMILES string of the molecule is O=C1CCCN1CCCN1CC(OCC2CC2)CN(Cc2cn[nH]c2)CC1=O. The van der Waals surface area contributed by atoms with E-state index in [0.717, 1.165) is 44.6 Å². The maximum absolute atomic E-state index is 12.9. The van der Waals surface area contributed by atoms with Gasteiger partial charge < -0.3 is 14.5 Å². The maximum Gasteiger partial charge on any atom is 0.236 e. The summed E-state index contributed by atoms with van der Waals surface area (Å²) in [7, 11) is 0. The fraction of sp³-hybridized carbons (Fsp3) is 0.750. The number of aromatic nitrogens is 2. The number of amides is 2. The second-order valence-electron chi connectivity index (χ2n) is 8.35. The predicted molar refractivity (Wildman–Crippen MR) is 103 cm³/mol. The normalized spacial score (nSPS) is 24.2.